The molecule has 0 atom stereocenters. The van der Waals surface area contributed by atoms with Crippen molar-refractivity contribution in [3.8, 4) is 0 Å². The fourth-order valence-electron chi connectivity index (χ4n) is 5.62. The smallest absolute Gasteiger partial charge is 0.328 e. The molecule has 3 aliphatic heterocycles. The fourth-order valence-corrected chi connectivity index (χ4v) is 5.62. The molecule has 0 saturated carbocycles. The first kappa shape index (κ1) is 22.1. The molecule has 2 aromatic rings. The van der Waals surface area contributed by atoms with Crippen molar-refractivity contribution in [1.29, 1.82) is 0 Å². The minimum atomic E-state index is -0.372. The van der Waals surface area contributed by atoms with Crippen LogP contribution in [0.1, 0.15) is 32.1 Å². The number of hydrogen-bond donors (Lipinski definition) is 2. The summed E-state index contributed by atoms with van der Waals surface area (Å²) in [6, 6.07) is 6.52. The number of carbonyl (C=O) groups excluding carboxylic acids is 2. The van der Waals surface area contributed by atoms with E-state index in [0.717, 1.165) is 61.4 Å². The molecule has 5 rings (SSSR count). The highest BCUT2D eigenvalue weighted by atomic mass is 16.2. The van der Waals surface area contributed by atoms with Gasteiger partial charge in [0, 0.05) is 61.3 Å². The molecular formula is C25H34N6O2. The number of nitrogens with one attached hydrogen (secondary N) is 2. The van der Waals surface area contributed by atoms with Gasteiger partial charge < -0.3 is 15.1 Å². The third-order valence-corrected chi connectivity index (χ3v) is 7.54. The van der Waals surface area contributed by atoms with E-state index in [9.17, 15) is 9.59 Å². The predicted octanol–water partition coefficient (Wildman–Crippen LogP) is 2.58. The number of piperidine rings is 2. The minimum absolute atomic E-state index is 0.224. The Morgan fingerprint density at radius 1 is 1.00 bits per heavy atom. The molecule has 0 aliphatic carbocycles. The van der Waals surface area contributed by atoms with Gasteiger partial charge in [-0.15, -0.1) is 0 Å². The molecule has 8 heteroatoms. The summed E-state index contributed by atoms with van der Waals surface area (Å²) in [5.74, 6) is 0.595. The van der Waals surface area contributed by atoms with Gasteiger partial charge in [-0.3, -0.25) is 20.0 Å². The lowest BCUT2D eigenvalue weighted by Crippen LogP contribution is -2.49. The van der Waals surface area contributed by atoms with Gasteiger partial charge in [0.05, 0.1) is 11.9 Å². The summed E-state index contributed by atoms with van der Waals surface area (Å²) in [6.45, 7) is 5.93. The van der Waals surface area contributed by atoms with E-state index < -0.39 is 0 Å². The first-order valence-corrected chi connectivity index (χ1v) is 12.2. The summed E-state index contributed by atoms with van der Waals surface area (Å²) in [5, 5.41) is 7.94. The van der Waals surface area contributed by atoms with Crippen LogP contribution >= 0.6 is 0 Å². The number of fused-ring (bicyclic) bond motifs is 1. The average molecular weight is 451 g/mol. The van der Waals surface area contributed by atoms with Crippen molar-refractivity contribution in [3.05, 3.63) is 30.6 Å². The molecule has 4 heterocycles. The zero-order valence-electron chi connectivity index (χ0n) is 19.4. The Morgan fingerprint density at radius 3 is 2.55 bits per heavy atom. The van der Waals surface area contributed by atoms with Gasteiger partial charge in [0.15, 0.2) is 0 Å². The SMILES string of the molecule is CN(CC1CCNCC1)C1CCN(c2cccc3c(N4CCC(=O)NC4=O)cncc23)CC1. The maximum Gasteiger partial charge on any atom is 0.328 e. The molecule has 3 saturated heterocycles. The molecule has 0 spiro atoms. The van der Waals surface area contributed by atoms with E-state index in [1.807, 2.05) is 12.3 Å². The number of rotatable bonds is 5. The Bertz CT molecular complexity index is 1010. The van der Waals surface area contributed by atoms with Gasteiger partial charge in [0.25, 0.3) is 0 Å². The lowest BCUT2D eigenvalue weighted by atomic mass is 9.95. The van der Waals surface area contributed by atoms with Crippen molar-refractivity contribution in [1.82, 2.24) is 20.5 Å². The Morgan fingerprint density at radius 2 is 1.79 bits per heavy atom. The second kappa shape index (κ2) is 9.65. The van der Waals surface area contributed by atoms with Crippen LogP contribution in [0, 0.1) is 5.92 Å². The number of anilines is 2. The molecule has 3 aliphatic rings. The number of amides is 3. The number of carbonyl (C=O) groups is 2. The van der Waals surface area contributed by atoms with Crippen LogP contribution in [0.5, 0.6) is 0 Å². The van der Waals surface area contributed by atoms with Crippen LogP contribution < -0.4 is 20.4 Å². The lowest BCUT2D eigenvalue weighted by molar-refractivity contribution is -0.120. The van der Waals surface area contributed by atoms with Gasteiger partial charge >= 0.3 is 6.03 Å². The molecule has 1 aromatic carbocycles. The zero-order chi connectivity index (χ0) is 22.8. The Labute approximate surface area is 195 Å². The third-order valence-electron chi connectivity index (χ3n) is 7.54. The van der Waals surface area contributed by atoms with Gasteiger partial charge in [0.2, 0.25) is 5.91 Å². The van der Waals surface area contributed by atoms with Gasteiger partial charge in [-0.2, -0.15) is 0 Å². The first-order valence-electron chi connectivity index (χ1n) is 12.2. The van der Waals surface area contributed by atoms with E-state index in [-0.39, 0.29) is 11.9 Å². The first-order chi connectivity index (χ1) is 16.1. The summed E-state index contributed by atoms with van der Waals surface area (Å²) < 4.78 is 0. The van der Waals surface area contributed by atoms with E-state index in [4.69, 9.17) is 0 Å². The number of nitrogens with zero attached hydrogens (tertiary/aromatic N) is 4. The molecular weight excluding hydrogens is 416 g/mol. The molecule has 8 nitrogen and oxygen atoms in total. The maximum atomic E-state index is 12.4. The molecule has 0 unspecified atom stereocenters. The Kier molecular flexibility index (Phi) is 6.46. The van der Waals surface area contributed by atoms with Crippen molar-refractivity contribution in [2.75, 3.05) is 56.1 Å². The molecule has 0 bridgehead atoms. The normalized spacial score (nSPS) is 21.2. The number of benzene rings is 1. The number of pyridine rings is 1. The summed E-state index contributed by atoms with van der Waals surface area (Å²) in [6.07, 6.45) is 8.82. The molecule has 3 fully saturated rings. The van der Waals surface area contributed by atoms with Gasteiger partial charge in [0.1, 0.15) is 0 Å². The quantitative estimate of drug-likeness (QED) is 0.729. The lowest BCUT2D eigenvalue weighted by Gasteiger charge is -2.40. The van der Waals surface area contributed by atoms with Crippen molar-refractivity contribution >= 4 is 34.1 Å². The Hall–Kier alpha value is -2.71. The van der Waals surface area contributed by atoms with Crippen LogP contribution in [-0.2, 0) is 4.79 Å². The van der Waals surface area contributed by atoms with E-state index >= 15 is 0 Å². The molecule has 2 N–H and O–H groups in total. The van der Waals surface area contributed by atoms with Crippen LogP contribution in [0.4, 0.5) is 16.2 Å². The molecule has 176 valence electrons. The van der Waals surface area contributed by atoms with E-state index in [0.29, 0.717) is 19.0 Å². The number of urea groups is 1. The van der Waals surface area contributed by atoms with Crippen molar-refractivity contribution in [2.45, 2.75) is 38.1 Å². The van der Waals surface area contributed by atoms with Crippen molar-refractivity contribution in [2.24, 2.45) is 5.92 Å². The summed E-state index contributed by atoms with van der Waals surface area (Å²) >= 11 is 0. The molecule has 0 radical (unpaired) electrons. The third kappa shape index (κ3) is 4.68. The highest BCUT2D eigenvalue weighted by Gasteiger charge is 2.28. The van der Waals surface area contributed by atoms with Crippen molar-refractivity contribution in [3.63, 3.8) is 0 Å². The van der Waals surface area contributed by atoms with Gasteiger partial charge in [-0.25, -0.2) is 4.79 Å². The second-order valence-electron chi connectivity index (χ2n) is 9.64. The van der Waals surface area contributed by atoms with Crippen LogP contribution in [0.15, 0.2) is 30.6 Å². The monoisotopic (exact) mass is 450 g/mol. The fraction of sp³-hybridized carbons (Fsp3) is 0.560. The standard InChI is InChI=1S/C25H34N6O2/c1-29(17-18-5-10-26-11-6-18)19-7-12-30(13-8-19)22-4-2-3-20-21(22)15-27-16-23(20)31-14-9-24(32)28-25(31)33/h2-4,15-16,18-19,26H,5-14,17H2,1H3,(H,28,32,33). The van der Waals surface area contributed by atoms with E-state index in [1.165, 1.54) is 25.1 Å². The topological polar surface area (TPSA) is 80.8 Å². The summed E-state index contributed by atoms with van der Waals surface area (Å²) in [5.41, 5.74) is 1.94. The summed E-state index contributed by atoms with van der Waals surface area (Å²) in [7, 11) is 2.30. The average Bonchev–Trinajstić information content (AvgIpc) is 2.84. The number of imide groups is 1. The van der Waals surface area contributed by atoms with Crippen LogP contribution in [0.25, 0.3) is 10.8 Å². The van der Waals surface area contributed by atoms with E-state index in [1.54, 1.807) is 11.1 Å². The Balaban J connectivity index is 1.30. The van der Waals surface area contributed by atoms with Crippen LogP contribution in [0.2, 0.25) is 0 Å². The second-order valence-corrected chi connectivity index (χ2v) is 9.64. The van der Waals surface area contributed by atoms with Crippen LogP contribution in [-0.4, -0.2) is 74.2 Å². The minimum Gasteiger partial charge on any atom is -0.371 e. The van der Waals surface area contributed by atoms with Crippen LogP contribution in [0.3, 0.4) is 0 Å². The zero-order valence-corrected chi connectivity index (χ0v) is 19.4. The number of hydrogen-bond acceptors (Lipinski definition) is 6. The largest absolute Gasteiger partial charge is 0.371 e. The maximum absolute atomic E-state index is 12.4. The van der Waals surface area contributed by atoms with Gasteiger partial charge in [-0.1, -0.05) is 12.1 Å². The number of aromatic nitrogens is 1. The molecule has 1 aromatic heterocycles. The molecule has 3 amide bonds. The highest BCUT2D eigenvalue weighted by Crippen LogP contribution is 2.34. The molecule has 33 heavy (non-hydrogen) atoms. The van der Waals surface area contributed by atoms with Crippen molar-refractivity contribution < 1.29 is 9.59 Å². The predicted molar refractivity (Wildman–Crippen MR) is 131 cm³/mol. The summed E-state index contributed by atoms with van der Waals surface area (Å²) in [4.78, 5) is 35.1. The van der Waals surface area contributed by atoms with Gasteiger partial charge in [-0.05, 0) is 57.8 Å². The van der Waals surface area contributed by atoms with E-state index in [2.05, 4.69) is 44.6 Å². The highest BCUT2D eigenvalue weighted by molar-refractivity contribution is 6.11.